The number of carbonyl (C=O) groups is 2. The van der Waals surface area contributed by atoms with Gasteiger partial charge in [0.15, 0.2) is 0 Å². The van der Waals surface area contributed by atoms with E-state index in [1.165, 1.54) is 0 Å². The Labute approximate surface area is 175 Å². The molecule has 0 radical (unpaired) electrons. The summed E-state index contributed by atoms with van der Waals surface area (Å²) < 4.78 is 0. The van der Waals surface area contributed by atoms with Crippen molar-refractivity contribution in [2.75, 3.05) is 5.32 Å². The largest absolute Gasteiger partial charge is 0.325 e. The Morgan fingerprint density at radius 2 is 1.62 bits per heavy atom. The summed E-state index contributed by atoms with van der Waals surface area (Å²) >= 11 is 6.11. The van der Waals surface area contributed by atoms with E-state index in [0.717, 1.165) is 22.4 Å². The Hall–Kier alpha value is -2.91. The molecule has 0 bridgehead atoms. The minimum absolute atomic E-state index is 0.0505. The molecule has 3 aromatic carbocycles. The number of anilines is 1. The van der Waals surface area contributed by atoms with Gasteiger partial charge in [-0.3, -0.25) is 4.79 Å². The maximum Gasteiger partial charge on any atom is 0.236 e. The summed E-state index contributed by atoms with van der Waals surface area (Å²) in [6.07, 6.45) is 0.785. The third-order valence-electron chi connectivity index (χ3n) is 5.75. The summed E-state index contributed by atoms with van der Waals surface area (Å²) in [4.78, 5) is 25.9. The van der Waals surface area contributed by atoms with Crippen molar-refractivity contribution < 1.29 is 9.59 Å². The molecule has 0 aromatic heterocycles. The third-order valence-corrected chi connectivity index (χ3v) is 6.00. The summed E-state index contributed by atoms with van der Waals surface area (Å²) in [7, 11) is 0. The number of fused-ring (bicyclic) bond motifs is 1. The smallest absolute Gasteiger partial charge is 0.236 e. The van der Waals surface area contributed by atoms with Crippen LogP contribution in [0, 0.1) is 0 Å². The zero-order valence-electron chi connectivity index (χ0n) is 16.2. The highest BCUT2D eigenvalue weighted by molar-refractivity contribution is 6.30. The summed E-state index contributed by atoms with van der Waals surface area (Å²) in [6, 6.07) is 25.3. The van der Waals surface area contributed by atoms with Crippen molar-refractivity contribution in [3.8, 4) is 0 Å². The highest BCUT2D eigenvalue weighted by Gasteiger charge is 2.52. The third kappa shape index (κ3) is 3.58. The van der Waals surface area contributed by atoms with Gasteiger partial charge in [-0.1, -0.05) is 72.3 Å². The van der Waals surface area contributed by atoms with Crippen LogP contribution in [0.1, 0.15) is 36.0 Å². The Balaban J connectivity index is 1.94. The number of nitrogens with one attached hydrogen (secondary N) is 1. The summed E-state index contributed by atoms with van der Waals surface area (Å²) in [5.74, 6) is -0.320. The van der Waals surface area contributed by atoms with E-state index in [-0.39, 0.29) is 24.0 Å². The number of hydrogen-bond acceptors (Lipinski definition) is 2. The molecule has 0 saturated heterocycles. The standard InChI is InChI=1S/C25H22ClNO2/c1-17(28)15-22(19-11-13-20(26)14-12-19)25(16-18-7-3-2-4-8-18)21-9-5-6-10-23(21)27-24(25)29/h2-14,22H,15-16H2,1H3,(H,27,29)/t22-,25+/m0/s1. The van der Waals surface area contributed by atoms with Crippen LogP contribution in [0.5, 0.6) is 0 Å². The first kappa shape index (κ1) is 19.4. The molecule has 3 aromatic rings. The Morgan fingerprint density at radius 3 is 2.31 bits per heavy atom. The lowest BCUT2D eigenvalue weighted by Gasteiger charge is -2.36. The molecule has 0 aliphatic carbocycles. The van der Waals surface area contributed by atoms with Crippen molar-refractivity contribution in [1.29, 1.82) is 0 Å². The summed E-state index contributed by atoms with van der Waals surface area (Å²) in [6.45, 7) is 1.58. The number of rotatable bonds is 6. The second-order valence-corrected chi connectivity index (χ2v) is 8.08. The van der Waals surface area contributed by atoms with Gasteiger partial charge in [0.05, 0.1) is 5.41 Å². The van der Waals surface area contributed by atoms with Crippen molar-refractivity contribution >= 4 is 29.0 Å². The highest BCUT2D eigenvalue weighted by atomic mass is 35.5. The minimum Gasteiger partial charge on any atom is -0.325 e. The fourth-order valence-electron chi connectivity index (χ4n) is 4.46. The fourth-order valence-corrected chi connectivity index (χ4v) is 4.58. The number of para-hydroxylation sites is 1. The molecular weight excluding hydrogens is 382 g/mol. The molecule has 4 rings (SSSR count). The van der Waals surface area contributed by atoms with Gasteiger partial charge in [0.1, 0.15) is 5.78 Å². The highest BCUT2D eigenvalue weighted by Crippen LogP contribution is 2.50. The van der Waals surface area contributed by atoms with Crippen LogP contribution in [0.15, 0.2) is 78.9 Å². The average molecular weight is 404 g/mol. The number of halogens is 1. The molecule has 29 heavy (non-hydrogen) atoms. The van der Waals surface area contributed by atoms with Gasteiger partial charge in [-0.25, -0.2) is 0 Å². The van der Waals surface area contributed by atoms with Crippen LogP contribution in [-0.4, -0.2) is 11.7 Å². The normalized spacial score (nSPS) is 18.8. The number of ketones is 1. The van der Waals surface area contributed by atoms with Crippen molar-refractivity contribution in [3.05, 3.63) is 101 Å². The molecule has 2 atom stereocenters. The van der Waals surface area contributed by atoms with Gasteiger partial charge in [-0.2, -0.15) is 0 Å². The molecule has 1 amide bonds. The second-order valence-electron chi connectivity index (χ2n) is 7.64. The van der Waals surface area contributed by atoms with E-state index in [1.54, 1.807) is 6.92 Å². The van der Waals surface area contributed by atoms with Gasteiger partial charge in [0.25, 0.3) is 0 Å². The van der Waals surface area contributed by atoms with Gasteiger partial charge in [-0.15, -0.1) is 0 Å². The number of Topliss-reactive ketones (excluding diaryl/α,β-unsaturated/α-hetero) is 1. The summed E-state index contributed by atoms with van der Waals surface area (Å²) in [5, 5.41) is 3.70. The van der Waals surface area contributed by atoms with Crippen LogP contribution < -0.4 is 5.32 Å². The minimum atomic E-state index is -0.878. The summed E-state index contributed by atoms with van der Waals surface area (Å²) in [5.41, 5.74) is 2.87. The van der Waals surface area contributed by atoms with Gasteiger partial charge in [0.2, 0.25) is 5.91 Å². The van der Waals surface area contributed by atoms with Gasteiger partial charge < -0.3 is 10.1 Å². The molecule has 146 valence electrons. The van der Waals surface area contributed by atoms with E-state index < -0.39 is 5.41 Å². The number of benzene rings is 3. The lowest BCUT2D eigenvalue weighted by molar-refractivity contribution is -0.122. The molecule has 0 unspecified atom stereocenters. The van der Waals surface area contributed by atoms with Crippen LogP contribution in [0.25, 0.3) is 0 Å². The van der Waals surface area contributed by atoms with E-state index in [2.05, 4.69) is 5.32 Å². The first-order chi connectivity index (χ1) is 14.0. The van der Waals surface area contributed by atoms with Gasteiger partial charge in [0, 0.05) is 23.0 Å². The molecular formula is C25H22ClNO2. The number of amides is 1. The number of carbonyl (C=O) groups excluding carboxylic acids is 2. The van der Waals surface area contributed by atoms with Crippen molar-refractivity contribution in [1.82, 2.24) is 0 Å². The van der Waals surface area contributed by atoms with E-state index in [0.29, 0.717) is 11.4 Å². The SMILES string of the molecule is CC(=O)C[C@@H](c1ccc(Cl)cc1)[C@]1(Cc2ccccc2)C(=O)Nc2ccccc21. The van der Waals surface area contributed by atoms with Crippen LogP contribution in [0.4, 0.5) is 5.69 Å². The predicted octanol–water partition coefficient (Wildman–Crippen LogP) is 5.54. The molecule has 1 aliphatic heterocycles. The molecule has 1 aliphatic rings. The Kier molecular flexibility index (Phi) is 5.25. The lowest BCUT2D eigenvalue weighted by Crippen LogP contribution is -2.43. The molecule has 1 N–H and O–H groups in total. The first-order valence-corrected chi connectivity index (χ1v) is 10.1. The van der Waals surface area contributed by atoms with Crippen molar-refractivity contribution in [3.63, 3.8) is 0 Å². The van der Waals surface area contributed by atoms with E-state index in [9.17, 15) is 9.59 Å². The van der Waals surface area contributed by atoms with Crippen molar-refractivity contribution in [2.24, 2.45) is 0 Å². The molecule has 1 heterocycles. The second kappa shape index (κ2) is 7.84. The zero-order chi connectivity index (χ0) is 20.4. The maximum absolute atomic E-state index is 13.6. The molecule has 0 fully saturated rings. The average Bonchev–Trinajstić information content (AvgIpc) is 3.00. The Bertz CT molecular complexity index is 1050. The Morgan fingerprint density at radius 1 is 0.966 bits per heavy atom. The molecule has 4 heteroatoms. The van der Waals surface area contributed by atoms with Gasteiger partial charge >= 0.3 is 0 Å². The topological polar surface area (TPSA) is 46.2 Å². The molecule has 0 spiro atoms. The quantitative estimate of drug-likeness (QED) is 0.587. The maximum atomic E-state index is 13.6. The van der Waals surface area contributed by atoms with E-state index >= 15 is 0 Å². The van der Waals surface area contributed by atoms with Gasteiger partial charge in [-0.05, 0) is 48.2 Å². The molecule has 0 saturated carbocycles. The van der Waals surface area contributed by atoms with Crippen LogP contribution in [0.3, 0.4) is 0 Å². The van der Waals surface area contributed by atoms with Crippen LogP contribution >= 0.6 is 11.6 Å². The van der Waals surface area contributed by atoms with Crippen molar-refractivity contribution in [2.45, 2.75) is 31.1 Å². The predicted molar refractivity (Wildman–Crippen MR) is 116 cm³/mol. The van der Waals surface area contributed by atoms with Crippen LogP contribution in [-0.2, 0) is 21.4 Å². The first-order valence-electron chi connectivity index (χ1n) is 9.70. The monoisotopic (exact) mass is 403 g/mol. The molecule has 3 nitrogen and oxygen atoms in total. The van der Waals surface area contributed by atoms with Crippen LogP contribution in [0.2, 0.25) is 5.02 Å². The number of hydrogen-bond donors (Lipinski definition) is 1. The van der Waals surface area contributed by atoms with E-state index in [4.69, 9.17) is 11.6 Å². The van der Waals surface area contributed by atoms with E-state index in [1.807, 2.05) is 78.9 Å². The fraction of sp³-hybridized carbons (Fsp3) is 0.200. The zero-order valence-corrected chi connectivity index (χ0v) is 16.9. The lowest BCUT2D eigenvalue weighted by atomic mass is 9.63.